The van der Waals surface area contributed by atoms with Gasteiger partial charge in [-0.1, -0.05) is 42.6 Å². The number of aliphatic hydroxyl groups is 1. The number of ether oxygens (including phenoxy) is 1. The predicted molar refractivity (Wildman–Crippen MR) is 89.6 cm³/mol. The van der Waals surface area contributed by atoms with Crippen molar-refractivity contribution in [2.24, 2.45) is 0 Å². The van der Waals surface area contributed by atoms with Crippen LogP contribution in [0.2, 0.25) is 0 Å². The third-order valence-electron chi connectivity index (χ3n) is 3.92. The quantitative estimate of drug-likeness (QED) is 0.783. The highest BCUT2D eigenvalue weighted by Crippen LogP contribution is 2.27. The second kappa shape index (κ2) is 8.16. The molecule has 1 saturated carbocycles. The van der Waals surface area contributed by atoms with Crippen molar-refractivity contribution in [2.75, 3.05) is 0 Å². The van der Waals surface area contributed by atoms with Gasteiger partial charge in [0.15, 0.2) is 0 Å². The first kappa shape index (κ1) is 16.8. The minimum Gasteiger partial charge on any atom is -0.488 e. The minimum absolute atomic E-state index is 0.0698. The Morgan fingerprint density at radius 2 is 2.05 bits per heavy atom. The van der Waals surface area contributed by atoms with Gasteiger partial charge in [-0.05, 0) is 43.0 Å². The van der Waals surface area contributed by atoms with E-state index in [-0.39, 0.29) is 12.2 Å². The maximum Gasteiger partial charge on any atom is 0.124 e. The van der Waals surface area contributed by atoms with Gasteiger partial charge in [0.1, 0.15) is 11.9 Å². The van der Waals surface area contributed by atoms with E-state index in [2.05, 4.69) is 41.2 Å². The van der Waals surface area contributed by atoms with Crippen molar-refractivity contribution in [1.29, 1.82) is 0 Å². The summed E-state index contributed by atoms with van der Waals surface area (Å²) in [5, 5.41) is 13.6. The molecular formula is C17H26BrNO2. The van der Waals surface area contributed by atoms with E-state index in [1.807, 2.05) is 12.1 Å². The van der Waals surface area contributed by atoms with Gasteiger partial charge in [-0.2, -0.15) is 0 Å². The van der Waals surface area contributed by atoms with Crippen molar-refractivity contribution in [3.05, 3.63) is 28.2 Å². The number of hydrogen-bond acceptors (Lipinski definition) is 3. The number of nitrogens with one attached hydrogen (secondary N) is 1. The van der Waals surface area contributed by atoms with Gasteiger partial charge in [0.2, 0.25) is 0 Å². The standard InChI is InChI=1S/C17H26BrNO2/c1-12(2)19-11-13-10-14(8-9-15(13)18)21-17-7-5-3-4-6-16(17)20/h8-10,12,16-17,19-20H,3-7,11H2,1-2H3. The van der Waals surface area contributed by atoms with Crippen LogP contribution in [0.3, 0.4) is 0 Å². The van der Waals surface area contributed by atoms with Crippen LogP contribution in [-0.2, 0) is 6.54 Å². The van der Waals surface area contributed by atoms with Crippen molar-refractivity contribution >= 4 is 15.9 Å². The van der Waals surface area contributed by atoms with Crippen LogP contribution < -0.4 is 10.1 Å². The minimum atomic E-state index is -0.339. The summed E-state index contributed by atoms with van der Waals surface area (Å²) < 4.78 is 7.14. The molecule has 0 aliphatic heterocycles. The van der Waals surface area contributed by atoms with Gasteiger partial charge in [0, 0.05) is 17.1 Å². The fraction of sp³-hybridized carbons (Fsp3) is 0.647. The number of hydrogen-bond donors (Lipinski definition) is 2. The summed E-state index contributed by atoms with van der Waals surface area (Å²) in [6.07, 6.45) is 4.82. The molecule has 0 heterocycles. The maximum absolute atomic E-state index is 10.2. The van der Waals surface area contributed by atoms with Crippen LogP contribution in [0.4, 0.5) is 0 Å². The molecule has 21 heavy (non-hydrogen) atoms. The average Bonchev–Trinajstić information content (AvgIpc) is 2.64. The van der Waals surface area contributed by atoms with Gasteiger partial charge in [-0.25, -0.2) is 0 Å². The second-order valence-corrected chi connectivity index (χ2v) is 7.00. The Kier molecular flexibility index (Phi) is 6.52. The van der Waals surface area contributed by atoms with Crippen LogP contribution in [-0.4, -0.2) is 23.4 Å². The van der Waals surface area contributed by atoms with Crippen LogP contribution in [0.5, 0.6) is 5.75 Å². The van der Waals surface area contributed by atoms with E-state index >= 15 is 0 Å². The zero-order valence-corrected chi connectivity index (χ0v) is 14.5. The number of aliphatic hydroxyl groups excluding tert-OH is 1. The van der Waals surface area contributed by atoms with Crippen LogP contribution in [0, 0.1) is 0 Å². The molecule has 2 unspecified atom stereocenters. The molecule has 0 radical (unpaired) electrons. The highest BCUT2D eigenvalue weighted by atomic mass is 79.9. The Bertz CT molecular complexity index is 450. The van der Waals surface area contributed by atoms with Crippen molar-refractivity contribution in [3.8, 4) is 5.75 Å². The molecule has 4 heteroatoms. The summed E-state index contributed by atoms with van der Waals surface area (Å²) in [5.74, 6) is 0.852. The molecule has 1 fully saturated rings. The summed E-state index contributed by atoms with van der Waals surface area (Å²) in [4.78, 5) is 0. The zero-order chi connectivity index (χ0) is 15.2. The molecule has 1 aliphatic carbocycles. The lowest BCUT2D eigenvalue weighted by Crippen LogP contribution is -2.30. The van der Waals surface area contributed by atoms with Crippen LogP contribution in [0.25, 0.3) is 0 Å². The second-order valence-electron chi connectivity index (χ2n) is 6.15. The first-order valence-corrected chi connectivity index (χ1v) is 8.72. The van der Waals surface area contributed by atoms with E-state index in [9.17, 15) is 5.11 Å². The molecular weight excluding hydrogens is 330 g/mol. The van der Waals surface area contributed by atoms with Gasteiger partial charge < -0.3 is 15.2 Å². The molecule has 2 rings (SSSR count). The molecule has 1 aliphatic rings. The Morgan fingerprint density at radius 1 is 1.29 bits per heavy atom. The lowest BCUT2D eigenvalue weighted by Gasteiger charge is -2.22. The SMILES string of the molecule is CC(C)NCc1cc(OC2CCCCCC2O)ccc1Br. The first-order valence-electron chi connectivity index (χ1n) is 7.93. The molecule has 118 valence electrons. The van der Waals surface area contributed by atoms with E-state index in [1.165, 1.54) is 12.0 Å². The van der Waals surface area contributed by atoms with E-state index in [1.54, 1.807) is 0 Å². The Hall–Kier alpha value is -0.580. The third kappa shape index (κ3) is 5.28. The normalized spacial score (nSPS) is 23.1. The molecule has 0 spiro atoms. The molecule has 1 aromatic carbocycles. The summed E-state index contributed by atoms with van der Waals surface area (Å²) in [7, 11) is 0. The molecule has 0 saturated heterocycles. The van der Waals surface area contributed by atoms with Crippen LogP contribution >= 0.6 is 15.9 Å². The Balaban J connectivity index is 2.03. The highest BCUT2D eigenvalue weighted by molar-refractivity contribution is 9.10. The monoisotopic (exact) mass is 355 g/mol. The fourth-order valence-corrected chi connectivity index (χ4v) is 3.03. The van der Waals surface area contributed by atoms with Crippen molar-refractivity contribution in [3.63, 3.8) is 0 Å². The number of halogens is 1. The van der Waals surface area contributed by atoms with E-state index in [0.29, 0.717) is 6.04 Å². The summed E-state index contributed by atoms with van der Waals surface area (Å²) in [5.41, 5.74) is 1.18. The van der Waals surface area contributed by atoms with Crippen LogP contribution in [0.15, 0.2) is 22.7 Å². The summed E-state index contributed by atoms with van der Waals surface area (Å²) in [6, 6.07) is 6.51. The lowest BCUT2D eigenvalue weighted by molar-refractivity contribution is 0.0319. The molecule has 0 bridgehead atoms. The van der Waals surface area contributed by atoms with Gasteiger partial charge in [-0.3, -0.25) is 0 Å². The van der Waals surface area contributed by atoms with Crippen LogP contribution in [0.1, 0.15) is 51.5 Å². The molecule has 3 nitrogen and oxygen atoms in total. The molecule has 2 atom stereocenters. The van der Waals surface area contributed by atoms with E-state index in [4.69, 9.17) is 4.74 Å². The van der Waals surface area contributed by atoms with Crippen molar-refractivity contribution in [2.45, 2.75) is 70.7 Å². The summed E-state index contributed by atoms with van der Waals surface area (Å²) >= 11 is 3.59. The molecule has 0 aromatic heterocycles. The van der Waals surface area contributed by atoms with E-state index < -0.39 is 0 Å². The average molecular weight is 356 g/mol. The maximum atomic E-state index is 10.2. The van der Waals surface area contributed by atoms with Gasteiger partial charge >= 0.3 is 0 Å². The van der Waals surface area contributed by atoms with Crippen molar-refractivity contribution < 1.29 is 9.84 Å². The number of benzene rings is 1. The van der Waals surface area contributed by atoms with Gasteiger partial charge in [0.25, 0.3) is 0 Å². The predicted octanol–water partition coefficient (Wildman–Crippen LogP) is 4.02. The highest BCUT2D eigenvalue weighted by Gasteiger charge is 2.23. The largest absolute Gasteiger partial charge is 0.488 e. The lowest BCUT2D eigenvalue weighted by atomic mass is 10.1. The Morgan fingerprint density at radius 3 is 2.81 bits per heavy atom. The summed E-state index contributed by atoms with van der Waals surface area (Å²) in [6.45, 7) is 5.08. The Labute approximate surface area is 136 Å². The number of rotatable bonds is 5. The molecule has 1 aromatic rings. The zero-order valence-electron chi connectivity index (χ0n) is 12.9. The smallest absolute Gasteiger partial charge is 0.124 e. The van der Waals surface area contributed by atoms with Gasteiger partial charge in [-0.15, -0.1) is 0 Å². The third-order valence-corrected chi connectivity index (χ3v) is 4.70. The topological polar surface area (TPSA) is 41.5 Å². The van der Waals surface area contributed by atoms with E-state index in [0.717, 1.165) is 42.5 Å². The van der Waals surface area contributed by atoms with Crippen molar-refractivity contribution in [1.82, 2.24) is 5.32 Å². The molecule has 2 N–H and O–H groups in total. The molecule has 0 amide bonds. The van der Waals surface area contributed by atoms with Gasteiger partial charge in [0.05, 0.1) is 6.10 Å². The fourth-order valence-electron chi connectivity index (χ4n) is 2.64. The first-order chi connectivity index (χ1) is 10.1.